The van der Waals surface area contributed by atoms with Crippen molar-refractivity contribution in [3.05, 3.63) is 34.3 Å². The Morgan fingerprint density at radius 1 is 1.42 bits per heavy atom. The van der Waals surface area contributed by atoms with E-state index in [1.807, 2.05) is 0 Å². The highest BCUT2D eigenvalue weighted by Crippen LogP contribution is 2.20. The second kappa shape index (κ2) is 4.13. The van der Waals surface area contributed by atoms with Gasteiger partial charge in [-0.15, -0.1) is 11.6 Å². The second-order valence-corrected chi connectivity index (χ2v) is 3.23. The van der Waals surface area contributed by atoms with Crippen molar-refractivity contribution >= 4 is 40.0 Å². The summed E-state index contributed by atoms with van der Waals surface area (Å²) in [6.45, 7) is 0. The summed E-state index contributed by atoms with van der Waals surface area (Å²) in [5.74, 6) is 0.275. The summed E-state index contributed by atoms with van der Waals surface area (Å²) in [7, 11) is 0. The molecule has 0 saturated heterocycles. The summed E-state index contributed by atoms with van der Waals surface area (Å²) >= 11 is 16.6. The zero-order chi connectivity index (χ0) is 9.14. The van der Waals surface area contributed by atoms with Gasteiger partial charge in [0, 0.05) is 16.5 Å². The lowest BCUT2D eigenvalue weighted by Crippen LogP contribution is -1.90. The highest BCUT2D eigenvalue weighted by molar-refractivity contribution is 6.67. The Morgan fingerprint density at radius 2 is 2.08 bits per heavy atom. The predicted octanol–water partition coefficient (Wildman–Crippen LogP) is 3.46. The molecule has 0 bridgehead atoms. The van der Waals surface area contributed by atoms with Crippen LogP contribution in [0.2, 0.25) is 5.02 Å². The second-order valence-electron chi connectivity index (χ2n) is 2.21. The van der Waals surface area contributed by atoms with Gasteiger partial charge in [0.1, 0.15) is 0 Å². The summed E-state index contributed by atoms with van der Waals surface area (Å²) in [4.78, 5) is 10.7. The van der Waals surface area contributed by atoms with Crippen LogP contribution in [0, 0.1) is 0 Å². The van der Waals surface area contributed by atoms with Gasteiger partial charge >= 0.3 is 0 Å². The molecule has 0 aliphatic carbocycles. The van der Waals surface area contributed by atoms with Crippen molar-refractivity contribution in [3.63, 3.8) is 0 Å². The summed E-state index contributed by atoms with van der Waals surface area (Å²) in [5, 5.41) is 0.0460. The van der Waals surface area contributed by atoms with E-state index >= 15 is 0 Å². The van der Waals surface area contributed by atoms with Crippen LogP contribution in [0.25, 0.3) is 0 Å². The van der Waals surface area contributed by atoms with Crippen LogP contribution < -0.4 is 0 Å². The SMILES string of the molecule is O=C(Cl)c1ccc(Cl)c(CCl)c1. The molecule has 0 aliphatic rings. The third-order valence-corrected chi connectivity index (χ3v) is 2.29. The van der Waals surface area contributed by atoms with E-state index in [1.165, 1.54) is 0 Å². The zero-order valence-electron chi connectivity index (χ0n) is 5.98. The molecule has 0 spiro atoms. The largest absolute Gasteiger partial charge is 0.276 e. The number of alkyl halides is 1. The van der Waals surface area contributed by atoms with Crippen molar-refractivity contribution in [2.75, 3.05) is 0 Å². The Balaban J connectivity index is 3.13. The molecular formula is C8H5Cl3O. The van der Waals surface area contributed by atoms with Crippen LogP contribution in [0.3, 0.4) is 0 Å². The van der Waals surface area contributed by atoms with E-state index in [2.05, 4.69) is 0 Å². The summed E-state index contributed by atoms with van der Waals surface area (Å²) in [5.41, 5.74) is 1.13. The first kappa shape index (κ1) is 9.85. The van der Waals surface area contributed by atoms with Crippen molar-refractivity contribution in [3.8, 4) is 0 Å². The van der Waals surface area contributed by atoms with Crippen LogP contribution in [0.4, 0.5) is 0 Å². The van der Waals surface area contributed by atoms with Gasteiger partial charge in [0.05, 0.1) is 0 Å². The maximum Gasteiger partial charge on any atom is 0.252 e. The first-order valence-corrected chi connectivity index (χ1v) is 4.48. The van der Waals surface area contributed by atoms with Crippen molar-refractivity contribution in [2.45, 2.75) is 5.88 Å². The van der Waals surface area contributed by atoms with Gasteiger partial charge in [0.15, 0.2) is 0 Å². The molecule has 0 saturated carbocycles. The van der Waals surface area contributed by atoms with Gasteiger partial charge in [0.2, 0.25) is 0 Å². The first-order chi connectivity index (χ1) is 5.65. The number of hydrogen-bond donors (Lipinski definition) is 0. The van der Waals surface area contributed by atoms with Gasteiger partial charge in [-0.05, 0) is 35.4 Å². The molecule has 1 aromatic carbocycles. The lowest BCUT2D eigenvalue weighted by Gasteiger charge is -2.00. The van der Waals surface area contributed by atoms with E-state index in [0.717, 1.165) is 0 Å². The molecule has 0 aromatic heterocycles. The van der Waals surface area contributed by atoms with E-state index in [9.17, 15) is 4.79 Å². The van der Waals surface area contributed by atoms with Crippen LogP contribution in [-0.4, -0.2) is 5.24 Å². The molecular weight excluding hydrogens is 218 g/mol. The van der Waals surface area contributed by atoms with Crippen molar-refractivity contribution < 1.29 is 4.79 Å². The first-order valence-electron chi connectivity index (χ1n) is 3.19. The zero-order valence-corrected chi connectivity index (χ0v) is 8.25. The molecule has 0 heterocycles. The molecule has 1 nitrogen and oxygen atoms in total. The maximum absolute atomic E-state index is 10.7. The average Bonchev–Trinajstić information content (AvgIpc) is 2.05. The number of hydrogen-bond acceptors (Lipinski definition) is 1. The fourth-order valence-electron chi connectivity index (χ4n) is 0.799. The van der Waals surface area contributed by atoms with Gasteiger partial charge in [0.25, 0.3) is 5.24 Å². The number of halogens is 3. The summed E-state index contributed by atoms with van der Waals surface area (Å²) in [6.07, 6.45) is 0. The standard InChI is InChI=1S/C8H5Cl3O/c9-4-6-3-5(8(11)12)1-2-7(6)10/h1-3H,4H2. The molecule has 1 rings (SSSR count). The van der Waals surface area contributed by atoms with Gasteiger partial charge in [-0.3, -0.25) is 4.79 Å². The van der Waals surface area contributed by atoms with Gasteiger partial charge < -0.3 is 0 Å². The molecule has 0 radical (unpaired) electrons. The molecule has 1 aromatic rings. The Labute approximate surface area is 85.2 Å². The highest BCUT2D eigenvalue weighted by atomic mass is 35.5. The lowest BCUT2D eigenvalue weighted by molar-refractivity contribution is 0.108. The van der Waals surface area contributed by atoms with Crippen molar-refractivity contribution in [1.29, 1.82) is 0 Å². The predicted molar refractivity (Wildman–Crippen MR) is 51.2 cm³/mol. The fraction of sp³-hybridized carbons (Fsp3) is 0.125. The van der Waals surface area contributed by atoms with Crippen LogP contribution in [0.5, 0.6) is 0 Å². The minimum Gasteiger partial charge on any atom is -0.276 e. The molecule has 12 heavy (non-hydrogen) atoms. The Hall–Kier alpha value is -0.240. The molecule has 0 N–H and O–H groups in total. The van der Waals surface area contributed by atoms with E-state index in [1.54, 1.807) is 18.2 Å². The van der Waals surface area contributed by atoms with Gasteiger partial charge in [-0.2, -0.15) is 0 Å². The van der Waals surface area contributed by atoms with Crippen LogP contribution in [0.1, 0.15) is 15.9 Å². The van der Waals surface area contributed by atoms with Crippen LogP contribution in [-0.2, 0) is 5.88 Å². The molecule has 4 heteroatoms. The summed E-state index contributed by atoms with van der Waals surface area (Å²) < 4.78 is 0. The minimum absolute atomic E-state index is 0.275. The monoisotopic (exact) mass is 222 g/mol. The quantitative estimate of drug-likeness (QED) is 0.554. The van der Waals surface area contributed by atoms with Crippen LogP contribution >= 0.6 is 34.8 Å². The highest BCUT2D eigenvalue weighted by Gasteiger charge is 2.05. The van der Waals surface area contributed by atoms with Crippen molar-refractivity contribution in [1.82, 2.24) is 0 Å². The van der Waals surface area contributed by atoms with E-state index < -0.39 is 5.24 Å². The molecule has 0 amide bonds. The number of benzene rings is 1. The van der Waals surface area contributed by atoms with Gasteiger partial charge in [-0.25, -0.2) is 0 Å². The van der Waals surface area contributed by atoms with E-state index in [0.29, 0.717) is 16.1 Å². The van der Waals surface area contributed by atoms with E-state index in [4.69, 9.17) is 34.8 Å². The Bertz CT molecular complexity index is 309. The van der Waals surface area contributed by atoms with Crippen molar-refractivity contribution in [2.24, 2.45) is 0 Å². The summed E-state index contributed by atoms with van der Waals surface area (Å²) in [6, 6.07) is 4.76. The normalized spacial score (nSPS) is 9.92. The smallest absolute Gasteiger partial charge is 0.252 e. The van der Waals surface area contributed by atoms with Gasteiger partial charge in [-0.1, -0.05) is 11.6 Å². The minimum atomic E-state index is -0.502. The molecule has 64 valence electrons. The third-order valence-electron chi connectivity index (χ3n) is 1.42. The number of carbonyl (C=O) groups excluding carboxylic acids is 1. The van der Waals surface area contributed by atoms with Crippen LogP contribution in [0.15, 0.2) is 18.2 Å². The third kappa shape index (κ3) is 2.13. The topological polar surface area (TPSA) is 17.1 Å². The molecule has 0 unspecified atom stereocenters. The average molecular weight is 223 g/mol. The fourth-order valence-corrected chi connectivity index (χ4v) is 1.39. The molecule has 0 atom stereocenters. The molecule has 0 fully saturated rings. The number of rotatable bonds is 2. The lowest BCUT2D eigenvalue weighted by atomic mass is 10.1. The van der Waals surface area contributed by atoms with E-state index in [-0.39, 0.29) is 5.88 Å². The Morgan fingerprint density at radius 3 is 2.58 bits per heavy atom. The number of carbonyl (C=O) groups is 1. The Kier molecular flexibility index (Phi) is 3.39. The molecule has 0 aliphatic heterocycles. The maximum atomic E-state index is 10.7.